The van der Waals surface area contributed by atoms with Gasteiger partial charge in [-0.3, -0.25) is 0 Å². The fraction of sp³-hybridized carbons (Fsp3) is 0.364. The average Bonchev–Trinajstić information content (AvgIpc) is 2.68. The second-order valence-electron chi connectivity index (χ2n) is 6.64. The van der Waals surface area contributed by atoms with Crippen LogP contribution in [0.3, 0.4) is 0 Å². The molecule has 0 saturated heterocycles. The van der Waals surface area contributed by atoms with Crippen LogP contribution in [0.5, 0.6) is 0 Å². The first-order valence-corrected chi connectivity index (χ1v) is 9.00. The number of benzene rings is 2. The van der Waals surface area contributed by atoms with Gasteiger partial charge >= 0.3 is 11.9 Å². The Morgan fingerprint density at radius 1 is 0.714 bits per heavy atom. The van der Waals surface area contributed by atoms with E-state index in [1.54, 1.807) is 74.5 Å². The Bertz CT molecular complexity index is 651. The Balaban J connectivity index is 0.000000391. The van der Waals surface area contributed by atoms with Crippen LogP contribution >= 0.6 is 0 Å². The molecule has 6 heteroatoms. The van der Waals surface area contributed by atoms with Crippen molar-refractivity contribution in [3.05, 3.63) is 71.8 Å². The highest BCUT2D eigenvalue weighted by atomic mass is 16.4. The topological polar surface area (TPSA) is 115 Å². The number of carboxylic acids is 2. The number of aromatic carboxylic acids is 2. The molecule has 2 aromatic rings. The van der Waals surface area contributed by atoms with Gasteiger partial charge < -0.3 is 20.4 Å². The lowest BCUT2D eigenvalue weighted by Crippen LogP contribution is -2.49. The summed E-state index contributed by atoms with van der Waals surface area (Å²) in [6.45, 7) is 7.03. The Morgan fingerprint density at radius 3 is 1.11 bits per heavy atom. The van der Waals surface area contributed by atoms with Gasteiger partial charge in [0.25, 0.3) is 0 Å². The van der Waals surface area contributed by atoms with Crippen molar-refractivity contribution in [2.24, 2.45) is 0 Å². The van der Waals surface area contributed by atoms with Crippen LogP contribution in [0.1, 0.15) is 61.3 Å². The molecule has 0 radical (unpaired) electrons. The van der Waals surface area contributed by atoms with Crippen molar-refractivity contribution in [3.63, 3.8) is 0 Å². The van der Waals surface area contributed by atoms with Gasteiger partial charge in [0.1, 0.15) is 0 Å². The van der Waals surface area contributed by atoms with Crippen molar-refractivity contribution in [1.82, 2.24) is 0 Å². The summed E-state index contributed by atoms with van der Waals surface area (Å²) in [4.78, 5) is 20.4. The van der Waals surface area contributed by atoms with Crippen LogP contribution in [-0.2, 0) is 0 Å². The second kappa shape index (κ2) is 11.9. The SMILES string of the molecule is CCC(O)(CC)C(C)(C)O.O=C(O)c1ccccc1.O=C(O)c1ccccc1. The molecular formula is C22H30O6. The molecule has 0 amide bonds. The predicted molar refractivity (Wildman–Crippen MR) is 109 cm³/mol. The zero-order valence-electron chi connectivity index (χ0n) is 16.8. The van der Waals surface area contributed by atoms with E-state index < -0.39 is 23.1 Å². The largest absolute Gasteiger partial charge is 0.478 e. The molecule has 0 unspecified atom stereocenters. The maximum absolute atomic E-state index is 10.2. The molecule has 0 aliphatic carbocycles. The monoisotopic (exact) mass is 390 g/mol. The smallest absolute Gasteiger partial charge is 0.335 e. The van der Waals surface area contributed by atoms with Crippen molar-refractivity contribution >= 4 is 11.9 Å². The Morgan fingerprint density at radius 2 is 1.00 bits per heavy atom. The molecule has 4 N–H and O–H groups in total. The molecule has 0 aliphatic heterocycles. The normalized spacial score (nSPS) is 10.6. The predicted octanol–water partition coefficient (Wildman–Crippen LogP) is 4.08. The van der Waals surface area contributed by atoms with E-state index in [9.17, 15) is 19.8 Å². The third kappa shape index (κ3) is 8.79. The van der Waals surface area contributed by atoms with Crippen molar-refractivity contribution in [3.8, 4) is 0 Å². The second-order valence-corrected chi connectivity index (χ2v) is 6.64. The summed E-state index contributed by atoms with van der Waals surface area (Å²) in [7, 11) is 0. The third-order valence-corrected chi connectivity index (χ3v) is 4.35. The van der Waals surface area contributed by atoms with Crippen molar-refractivity contribution < 1.29 is 30.0 Å². The lowest BCUT2D eigenvalue weighted by Gasteiger charge is -2.37. The molecule has 0 spiro atoms. The van der Waals surface area contributed by atoms with Crippen molar-refractivity contribution in [1.29, 1.82) is 0 Å². The first-order chi connectivity index (χ1) is 13.0. The summed E-state index contributed by atoms with van der Waals surface area (Å²) >= 11 is 0. The third-order valence-electron chi connectivity index (χ3n) is 4.35. The fourth-order valence-electron chi connectivity index (χ4n) is 2.28. The van der Waals surface area contributed by atoms with E-state index >= 15 is 0 Å². The molecule has 0 aliphatic rings. The molecule has 0 heterocycles. The standard InChI is InChI=1S/C8H18O2.2C7H6O2/c1-5-8(10,6-2)7(3,4)9;2*8-7(9)6-4-2-1-3-5-6/h9-10H,5-6H2,1-4H3;2*1-5H,(H,8,9). The summed E-state index contributed by atoms with van der Waals surface area (Å²) in [6, 6.07) is 16.6. The highest BCUT2D eigenvalue weighted by Gasteiger charge is 2.38. The van der Waals surface area contributed by atoms with E-state index in [1.807, 2.05) is 13.8 Å². The number of hydrogen-bond acceptors (Lipinski definition) is 4. The van der Waals surface area contributed by atoms with E-state index in [-0.39, 0.29) is 0 Å². The van der Waals surface area contributed by atoms with Gasteiger partial charge in [-0.05, 0) is 51.0 Å². The zero-order chi connectivity index (χ0) is 21.8. The maximum atomic E-state index is 10.2. The summed E-state index contributed by atoms with van der Waals surface area (Å²) in [5, 5.41) is 36.0. The molecule has 6 nitrogen and oxygen atoms in total. The fourth-order valence-corrected chi connectivity index (χ4v) is 2.28. The number of carboxylic acid groups (broad SMARTS) is 2. The average molecular weight is 390 g/mol. The van der Waals surface area contributed by atoms with Crippen LogP contribution in [0.4, 0.5) is 0 Å². The van der Waals surface area contributed by atoms with Gasteiger partial charge in [-0.1, -0.05) is 50.2 Å². The van der Waals surface area contributed by atoms with Crippen LogP contribution in [0, 0.1) is 0 Å². The van der Waals surface area contributed by atoms with Gasteiger partial charge in [-0.2, -0.15) is 0 Å². The Kier molecular flexibility index (Phi) is 10.7. The summed E-state index contributed by atoms with van der Waals surface area (Å²) in [5.74, 6) is -1.76. The molecule has 0 bridgehead atoms. The first-order valence-electron chi connectivity index (χ1n) is 9.00. The molecule has 0 aromatic heterocycles. The highest BCUT2D eigenvalue weighted by molar-refractivity contribution is 5.87. The molecule has 0 saturated carbocycles. The summed E-state index contributed by atoms with van der Waals surface area (Å²) in [6.07, 6.45) is 1.18. The summed E-state index contributed by atoms with van der Waals surface area (Å²) < 4.78 is 0. The molecule has 2 aromatic carbocycles. The summed E-state index contributed by atoms with van der Waals surface area (Å²) in [5.41, 5.74) is -1.25. The lowest BCUT2D eigenvalue weighted by atomic mass is 9.81. The minimum atomic E-state index is -0.990. The molecule has 0 atom stereocenters. The quantitative estimate of drug-likeness (QED) is 0.611. The van der Waals surface area contributed by atoms with Gasteiger partial charge in [-0.25, -0.2) is 9.59 Å². The van der Waals surface area contributed by atoms with Crippen LogP contribution in [0.2, 0.25) is 0 Å². The van der Waals surface area contributed by atoms with Crippen LogP contribution in [0.15, 0.2) is 60.7 Å². The first kappa shape index (κ1) is 25.3. The van der Waals surface area contributed by atoms with E-state index in [0.29, 0.717) is 24.0 Å². The lowest BCUT2D eigenvalue weighted by molar-refractivity contribution is -0.134. The van der Waals surface area contributed by atoms with Gasteiger partial charge in [0.05, 0.1) is 22.3 Å². The van der Waals surface area contributed by atoms with E-state index in [2.05, 4.69) is 0 Å². The van der Waals surface area contributed by atoms with Gasteiger partial charge in [-0.15, -0.1) is 0 Å². The molecule has 2 rings (SSSR count). The number of carbonyl (C=O) groups is 2. The number of rotatable bonds is 5. The Labute approximate surface area is 166 Å². The van der Waals surface area contributed by atoms with Crippen LogP contribution < -0.4 is 0 Å². The van der Waals surface area contributed by atoms with Crippen LogP contribution in [0.25, 0.3) is 0 Å². The van der Waals surface area contributed by atoms with Crippen LogP contribution in [-0.4, -0.2) is 43.6 Å². The number of aliphatic hydroxyl groups is 2. The molecule has 154 valence electrons. The van der Waals surface area contributed by atoms with E-state index in [1.165, 1.54) is 0 Å². The minimum absolute atomic E-state index is 0.331. The van der Waals surface area contributed by atoms with Gasteiger partial charge in [0.2, 0.25) is 0 Å². The van der Waals surface area contributed by atoms with Crippen molar-refractivity contribution in [2.45, 2.75) is 51.7 Å². The highest BCUT2D eigenvalue weighted by Crippen LogP contribution is 2.27. The number of hydrogen-bond donors (Lipinski definition) is 4. The van der Waals surface area contributed by atoms with E-state index in [4.69, 9.17) is 10.2 Å². The maximum Gasteiger partial charge on any atom is 0.335 e. The minimum Gasteiger partial charge on any atom is -0.478 e. The van der Waals surface area contributed by atoms with Crippen molar-refractivity contribution in [2.75, 3.05) is 0 Å². The van der Waals surface area contributed by atoms with E-state index in [0.717, 1.165) is 0 Å². The molecule has 0 fully saturated rings. The van der Waals surface area contributed by atoms with Gasteiger partial charge in [0.15, 0.2) is 0 Å². The van der Waals surface area contributed by atoms with Gasteiger partial charge in [0, 0.05) is 0 Å². The molecule has 28 heavy (non-hydrogen) atoms. The molecular weight excluding hydrogens is 360 g/mol. The Hall–Kier alpha value is -2.70. The zero-order valence-corrected chi connectivity index (χ0v) is 16.8.